The van der Waals surface area contributed by atoms with Crippen LogP contribution < -0.4 is 10.6 Å². The molecule has 50 heavy (non-hydrogen) atoms. The molecule has 12 nitrogen and oxygen atoms in total. The monoisotopic (exact) mass is 748 g/mol. The first-order valence-electron chi connectivity index (χ1n) is 17.3. The first kappa shape index (κ1) is 35.7. The Labute approximate surface area is 300 Å². The van der Waals surface area contributed by atoms with Crippen molar-refractivity contribution in [1.29, 1.82) is 0 Å². The number of carboxylic acid groups (broad SMARTS) is 1. The Morgan fingerprint density at radius 1 is 1.02 bits per heavy atom. The van der Waals surface area contributed by atoms with Crippen molar-refractivity contribution in [1.82, 2.24) is 30.5 Å². The summed E-state index contributed by atoms with van der Waals surface area (Å²) in [5, 5.41) is 37.7. The number of halogens is 1. The molecule has 1 aliphatic carbocycles. The lowest BCUT2D eigenvalue weighted by Gasteiger charge is -2.33. The predicted octanol–water partition coefficient (Wildman–Crippen LogP) is 5.68. The number of aliphatic hydroxyl groups is 1. The minimum absolute atomic E-state index is 0.140. The fourth-order valence-electron chi connectivity index (χ4n) is 6.95. The maximum atomic E-state index is 14.5. The minimum atomic E-state index is -1.37. The van der Waals surface area contributed by atoms with Crippen LogP contribution in [-0.2, 0) is 14.3 Å². The zero-order chi connectivity index (χ0) is 35.6. The zero-order valence-corrected chi connectivity index (χ0v) is 30.2. The summed E-state index contributed by atoms with van der Waals surface area (Å²) in [5.74, 6) is -1.71. The summed E-state index contributed by atoms with van der Waals surface area (Å²) >= 11 is 3.50. The molecule has 2 amide bonds. The molecule has 4 N–H and O–H groups in total. The summed E-state index contributed by atoms with van der Waals surface area (Å²) in [6, 6.07) is 15.3. The number of nitrogens with one attached hydrogen (secondary N) is 2. The summed E-state index contributed by atoms with van der Waals surface area (Å²) in [6.07, 6.45) is 5.94. The van der Waals surface area contributed by atoms with Crippen molar-refractivity contribution < 1.29 is 29.3 Å². The molecule has 1 aromatic heterocycles. The largest absolute Gasteiger partial charge is 0.480 e. The van der Waals surface area contributed by atoms with E-state index in [0.717, 1.165) is 34.9 Å². The second-order valence-electron chi connectivity index (χ2n) is 14.5. The van der Waals surface area contributed by atoms with Crippen LogP contribution in [0.5, 0.6) is 0 Å². The van der Waals surface area contributed by atoms with Gasteiger partial charge in [-0.1, -0.05) is 83.4 Å². The van der Waals surface area contributed by atoms with Crippen molar-refractivity contribution >= 4 is 33.9 Å². The van der Waals surface area contributed by atoms with Gasteiger partial charge in [0.1, 0.15) is 34.8 Å². The molecule has 3 aliphatic rings. The molecule has 6 atom stereocenters. The molecule has 13 heteroatoms. The molecule has 0 bridgehead atoms. The minimum Gasteiger partial charge on any atom is -0.480 e. The van der Waals surface area contributed by atoms with Crippen LogP contribution >= 0.6 is 15.9 Å². The van der Waals surface area contributed by atoms with Gasteiger partial charge in [0.25, 0.3) is 0 Å². The molecule has 1 unspecified atom stereocenters. The normalized spacial score (nSPS) is 28.1. The Hall–Kier alpha value is -4.07. The molecule has 6 rings (SSSR count). The van der Waals surface area contributed by atoms with Crippen molar-refractivity contribution in [2.75, 3.05) is 6.54 Å². The molecule has 3 aromatic rings. The summed E-state index contributed by atoms with van der Waals surface area (Å²) < 4.78 is 6.45. The Morgan fingerprint density at radius 2 is 1.70 bits per heavy atom. The molecule has 2 aliphatic heterocycles. The van der Waals surface area contributed by atoms with Crippen molar-refractivity contribution in [3.8, 4) is 22.5 Å². The van der Waals surface area contributed by atoms with Crippen LogP contribution in [0.3, 0.4) is 0 Å². The molecule has 2 aromatic carbocycles. The number of carbonyl (C=O) groups is 3. The number of ether oxygens (including phenoxy) is 1. The van der Waals surface area contributed by atoms with Crippen LogP contribution in [-0.4, -0.2) is 84.1 Å². The lowest BCUT2D eigenvalue weighted by molar-refractivity contribution is -0.143. The number of allylic oxidation sites excluding steroid dienone is 1. The van der Waals surface area contributed by atoms with E-state index in [1.807, 2.05) is 66.7 Å². The lowest BCUT2D eigenvalue weighted by Crippen LogP contribution is -2.58. The topological polar surface area (TPSA) is 159 Å². The van der Waals surface area contributed by atoms with Gasteiger partial charge in [-0.2, -0.15) is 15.0 Å². The second-order valence-corrected chi connectivity index (χ2v) is 15.4. The quantitative estimate of drug-likeness (QED) is 0.241. The van der Waals surface area contributed by atoms with Crippen LogP contribution in [0.25, 0.3) is 22.5 Å². The Balaban J connectivity index is 1.36. The van der Waals surface area contributed by atoms with Crippen LogP contribution in [0.4, 0.5) is 4.79 Å². The fourth-order valence-corrected chi connectivity index (χ4v) is 7.21. The molecule has 0 spiro atoms. The van der Waals surface area contributed by atoms with Gasteiger partial charge in [-0.15, -0.1) is 0 Å². The van der Waals surface area contributed by atoms with Crippen molar-refractivity contribution in [3.05, 3.63) is 71.2 Å². The van der Waals surface area contributed by atoms with E-state index in [4.69, 9.17) is 14.9 Å². The van der Waals surface area contributed by atoms with Gasteiger partial charge < -0.3 is 25.2 Å². The van der Waals surface area contributed by atoms with Gasteiger partial charge in [0.05, 0.1) is 12.1 Å². The van der Waals surface area contributed by atoms with Gasteiger partial charge in [0, 0.05) is 28.1 Å². The van der Waals surface area contributed by atoms with Gasteiger partial charge >= 0.3 is 12.1 Å². The first-order valence-corrected chi connectivity index (χ1v) is 18.1. The molecular weight excluding hydrogens is 704 g/mol. The van der Waals surface area contributed by atoms with Crippen LogP contribution in [0.2, 0.25) is 0 Å². The number of carbonyl (C=O) groups excluding carboxylic acids is 2. The molecule has 266 valence electrons. The number of amides is 2. The number of hydrogen-bond donors (Lipinski definition) is 4. The maximum Gasteiger partial charge on any atom is 0.408 e. The number of aliphatic hydroxyl groups excluding tert-OH is 1. The zero-order valence-electron chi connectivity index (χ0n) is 28.6. The Bertz CT molecular complexity index is 1720. The van der Waals surface area contributed by atoms with E-state index >= 15 is 0 Å². The highest BCUT2D eigenvalue weighted by Crippen LogP contribution is 2.46. The number of fused-ring (bicyclic) bond motifs is 2. The average molecular weight is 750 g/mol. The number of hydrogen-bond acceptors (Lipinski definition) is 8. The van der Waals surface area contributed by atoms with Gasteiger partial charge in [0.2, 0.25) is 5.91 Å². The Kier molecular flexibility index (Phi) is 10.5. The summed E-state index contributed by atoms with van der Waals surface area (Å²) in [4.78, 5) is 43.1. The van der Waals surface area contributed by atoms with E-state index < -0.39 is 47.6 Å². The molecule has 0 radical (unpaired) electrons. The molecule has 1 saturated carbocycles. The maximum absolute atomic E-state index is 14.5. The molecule has 3 heterocycles. The highest BCUT2D eigenvalue weighted by atomic mass is 79.9. The summed E-state index contributed by atoms with van der Waals surface area (Å²) in [5.41, 5.74) is 0.976. The van der Waals surface area contributed by atoms with Crippen LogP contribution in [0, 0.1) is 5.92 Å². The van der Waals surface area contributed by atoms with E-state index in [1.165, 1.54) is 0 Å². The first-order chi connectivity index (χ1) is 23.8. The Morgan fingerprint density at radius 3 is 2.36 bits per heavy atom. The van der Waals surface area contributed by atoms with E-state index in [9.17, 15) is 24.6 Å². The van der Waals surface area contributed by atoms with Gasteiger partial charge in [-0.3, -0.25) is 14.9 Å². The SMILES string of the molecule is CC(C)(C)OC(=O)N[C@@H]1CCCCC/C=C\[C@H]2C[C@]2(C(=O)O)N[C@@H](O)[C@@H]2CC(n3nc(-c4ccccc4)c(-c4ccc(Br)cc4)n3)CN2C1=O. The number of nitrogens with zero attached hydrogens (tertiary/aromatic N) is 4. The lowest BCUT2D eigenvalue weighted by atomic mass is 10.0. The van der Waals surface area contributed by atoms with E-state index in [2.05, 4.69) is 26.6 Å². The standard InChI is InChI=1S/C37H45BrN6O6/c1-36(2,3)50-35(49)39-28-15-11-6-4-5-10-14-25-21-37(25,34(47)48)40-32(45)29-20-27(22-43(29)33(28)46)44-41-30(23-12-8-7-9-13-23)31(42-44)24-16-18-26(38)19-17-24/h7-10,12-14,16-19,25,27-29,32,40,45H,4-6,11,15,20-22H2,1-3H3,(H,39,49)(H,47,48)/b14-10-/t25-,27?,28+,29-,32-,37-/m0/s1. The third-order valence-corrected chi connectivity index (χ3v) is 10.1. The highest BCUT2D eigenvalue weighted by Gasteiger charge is 2.61. The average Bonchev–Trinajstić information content (AvgIpc) is 3.38. The fraction of sp³-hybridized carbons (Fsp3) is 0.486. The molecular formula is C37H45BrN6O6. The van der Waals surface area contributed by atoms with Crippen molar-refractivity contribution in [2.45, 2.75) is 101 Å². The van der Waals surface area contributed by atoms with Gasteiger partial charge in [0.15, 0.2) is 0 Å². The second kappa shape index (κ2) is 14.7. The van der Waals surface area contributed by atoms with Crippen LogP contribution in [0.15, 0.2) is 71.2 Å². The number of rotatable bonds is 5. The predicted molar refractivity (Wildman–Crippen MR) is 191 cm³/mol. The number of aromatic nitrogens is 3. The number of benzene rings is 2. The number of alkyl carbamates (subject to hydrolysis) is 1. The number of aliphatic carboxylic acids is 1. The summed E-state index contributed by atoms with van der Waals surface area (Å²) in [7, 11) is 0. The third-order valence-electron chi connectivity index (χ3n) is 9.61. The highest BCUT2D eigenvalue weighted by molar-refractivity contribution is 9.10. The third kappa shape index (κ3) is 7.95. The van der Waals surface area contributed by atoms with Crippen molar-refractivity contribution in [2.24, 2.45) is 5.92 Å². The number of carboxylic acids is 1. The van der Waals surface area contributed by atoms with E-state index in [0.29, 0.717) is 30.7 Å². The van der Waals surface area contributed by atoms with Crippen molar-refractivity contribution in [3.63, 3.8) is 0 Å². The molecule has 1 saturated heterocycles. The van der Waals surface area contributed by atoms with Gasteiger partial charge in [-0.05, 0) is 65.0 Å². The molecule has 2 fully saturated rings. The summed E-state index contributed by atoms with van der Waals surface area (Å²) in [6.45, 7) is 5.41. The smallest absolute Gasteiger partial charge is 0.408 e. The van der Waals surface area contributed by atoms with Crippen LogP contribution in [0.1, 0.15) is 71.8 Å². The van der Waals surface area contributed by atoms with E-state index in [1.54, 1.807) is 30.5 Å². The van der Waals surface area contributed by atoms with E-state index in [-0.39, 0.29) is 24.8 Å². The van der Waals surface area contributed by atoms with Gasteiger partial charge in [-0.25, -0.2) is 4.79 Å².